The third kappa shape index (κ3) is 2.95. The number of rotatable bonds is 5. The maximum atomic E-state index is 3.55. The smallest absolute Gasteiger partial charge is 0.0159 e. The summed E-state index contributed by atoms with van der Waals surface area (Å²) in [6.07, 6.45) is 8.87. The van der Waals surface area contributed by atoms with Crippen LogP contribution in [0.1, 0.15) is 38.5 Å². The van der Waals surface area contributed by atoms with E-state index in [4.69, 9.17) is 0 Å². The summed E-state index contributed by atoms with van der Waals surface area (Å²) in [5, 5.41) is 1.15. The van der Waals surface area contributed by atoms with E-state index in [0.717, 1.165) is 17.3 Å². The molecule has 0 bridgehead atoms. The van der Waals surface area contributed by atoms with Crippen LogP contribution in [-0.2, 0) is 0 Å². The average Bonchev–Trinajstić information content (AvgIpc) is 2.85. The largest absolute Gasteiger partial charge is 0.299 e. The number of nitrogens with zero attached hydrogens (tertiary/aromatic N) is 1. The lowest BCUT2D eigenvalue weighted by Crippen LogP contribution is -2.32. The van der Waals surface area contributed by atoms with Crippen molar-refractivity contribution < 1.29 is 0 Å². The van der Waals surface area contributed by atoms with Gasteiger partial charge in [0.05, 0.1) is 0 Å². The molecule has 2 heteroatoms. The molecule has 76 valence electrons. The van der Waals surface area contributed by atoms with E-state index in [2.05, 4.69) is 20.8 Å². The van der Waals surface area contributed by atoms with Crippen molar-refractivity contribution in [3.8, 4) is 0 Å². The van der Waals surface area contributed by atoms with Crippen LogP contribution in [-0.4, -0.2) is 29.4 Å². The van der Waals surface area contributed by atoms with Gasteiger partial charge in [-0.3, -0.25) is 4.90 Å². The quantitative estimate of drug-likeness (QED) is 0.674. The van der Waals surface area contributed by atoms with Gasteiger partial charge in [0.1, 0.15) is 0 Å². The summed E-state index contributed by atoms with van der Waals surface area (Å²) in [5.74, 6) is 1.03. The van der Waals surface area contributed by atoms with E-state index in [1.165, 1.54) is 51.6 Å². The van der Waals surface area contributed by atoms with Crippen molar-refractivity contribution >= 4 is 15.9 Å². The summed E-state index contributed by atoms with van der Waals surface area (Å²) in [5.41, 5.74) is 0. The van der Waals surface area contributed by atoms with Crippen molar-refractivity contribution in [3.63, 3.8) is 0 Å². The highest BCUT2D eigenvalue weighted by atomic mass is 79.9. The first-order valence-corrected chi connectivity index (χ1v) is 6.82. The van der Waals surface area contributed by atoms with Gasteiger partial charge in [0, 0.05) is 24.5 Å². The van der Waals surface area contributed by atoms with E-state index < -0.39 is 0 Å². The Balaban J connectivity index is 1.74. The lowest BCUT2D eigenvalue weighted by atomic mass is 10.1. The number of hydrogen-bond acceptors (Lipinski definition) is 1. The van der Waals surface area contributed by atoms with Crippen LogP contribution < -0.4 is 0 Å². The molecule has 13 heavy (non-hydrogen) atoms. The molecule has 2 aliphatic rings. The van der Waals surface area contributed by atoms with Crippen LogP contribution in [0.2, 0.25) is 0 Å². The molecule has 0 N–H and O–H groups in total. The first kappa shape index (κ1) is 9.97. The second-order valence-corrected chi connectivity index (χ2v) is 5.36. The molecule has 0 aromatic rings. The lowest BCUT2D eigenvalue weighted by molar-refractivity contribution is 0.235. The third-order valence-corrected chi connectivity index (χ3v) is 3.76. The zero-order chi connectivity index (χ0) is 9.10. The van der Waals surface area contributed by atoms with Crippen LogP contribution in [0.4, 0.5) is 0 Å². The SMILES string of the molecule is BrCCN(CC1CCCC1)C1CC1. The first-order chi connectivity index (χ1) is 6.40. The van der Waals surface area contributed by atoms with Gasteiger partial charge in [-0.2, -0.15) is 0 Å². The molecule has 2 saturated carbocycles. The molecule has 0 aliphatic heterocycles. The van der Waals surface area contributed by atoms with Crippen LogP contribution in [0, 0.1) is 5.92 Å². The molecule has 0 aromatic carbocycles. The Morgan fingerprint density at radius 3 is 2.31 bits per heavy atom. The lowest BCUT2D eigenvalue weighted by Gasteiger charge is -2.24. The minimum absolute atomic E-state index is 0.957. The molecule has 0 saturated heterocycles. The average molecular weight is 246 g/mol. The van der Waals surface area contributed by atoms with E-state index >= 15 is 0 Å². The maximum Gasteiger partial charge on any atom is 0.0159 e. The van der Waals surface area contributed by atoms with E-state index in [1.54, 1.807) is 0 Å². The molecule has 2 fully saturated rings. The fourth-order valence-corrected chi connectivity index (χ4v) is 2.95. The Hall–Kier alpha value is 0.440. The summed E-state index contributed by atoms with van der Waals surface area (Å²) >= 11 is 3.55. The van der Waals surface area contributed by atoms with Gasteiger partial charge in [-0.1, -0.05) is 28.8 Å². The third-order valence-electron chi connectivity index (χ3n) is 3.40. The number of alkyl halides is 1. The first-order valence-electron chi connectivity index (χ1n) is 5.70. The molecule has 0 atom stereocenters. The van der Waals surface area contributed by atoms with Crippen molar-refractivity contribution in [2.75, 3.05) is 18.4 Å². The van der Waals surface area contributed by atoms with Crippen molar-refractivity contribution in [1.29, 1.82) is 0 Å². The normalized spacial score (nSPS) is 24.5. The molecule has 0 aromatic heterocycles. The van der Waals surface area contributed by atoms with Crippen LogP contribution in [0.15, 0.2) is 0 Å². The van der Waals surface area contributed by atoms with Crippen molar-refractivity contribution in [1.82, 2.24) is 4.90 Å². The molecule has 0 unspecified atom stereocenters. The van der Waals surface area contributed by atoms with Crippen LogP contribution in [0.5, 0.6) is 0 Å². The standard InChI is InChI=1S/C11H20BrN/c12-7-8-13(11-5-6-11)9-10-3-1-2-4-10/h10-11H,1-9H2. The van der Waals surface area contributed by atoms with E-state index in [0.29, 0.717) is 0 Å². The second kappa shape index (κ2) is 4.79. The van der Waals surface area contributed by atoms with Crippen LogP contribution in [0.25, 0.3) is 0 Å². The predicted molar refractivity (Wildman–Crippen MR) is 60.3 cm³/mol. The number of hydrogen-bond donors (Lipinski definition) is 0. The van der Waals surface area contributed by atoms with Gasteiger partial charge in [0.15, 0.2) is 0 Å². The Labute approximate surface area is 90.0 Å². The second-order valence-electron chi connectivity index (χ2n) is 4.57. The van der Waals surface area contributed by atoms with E-state index in [9.17, 15) is 0 Å². The molecule has 2 aliphatic carbocycles. The molecule has 0 radical (unpaired) electrons. The van der Waals surface area contributed by atoms with Crippen molar-refractivity contribution in [3.05, 3.63) is 0 Å². The maximum absolute atomic E-state index is 3.55. The summed E-state index contributed by atoms with van der Waals surface area (Å²) < 4.78 is 0. The van der Waals surface area contributed by atoms with E-state index in [1.807, 2.05) is 0 Å². The fraction of sp³-hybridized carbons (Fsp3) is 1.00. The van der Waals surface area contributed by atoms with Gasteiger partial charge >= 0.3 is 0 Å². The minimum atomic E-state index is 0.957. The Kier molecular flexibility index (Phi) is 3.67. The molecule has 0 spiro atoms. The van der Waals surface area contributed by atoms with E-state index in [-0.39, 0.29) is 0 Å². The van der Waals surface area contributed by atoms with Gasteiger partial charge in [0.2, 0.25) is 0 Å². The Morgan fingerprint density at radius 1 is 1.08 bits per heavy atom. The van der Waals surface area contributed by atoms with Crippen molar-refractivity contribution in [2.45, 2.75) is 44.6 Å². The molecule has 0 heterocycles. The number of halogens is 1. The van der Waals surface area contributed by atoms with Crippen molar-refractivity contribution in [2.24, 2.45) is 5.92 Å². The minimum Gasteiger partial charge on any atom is -0.299 e. The fourth-order valence-electron chi connectivity index (χ4n) is 2.50. The van der Waals surface area contributed by atoms with Gasteiger partial charge in [-0.05, 0) is 31.6 Å². The highest BCUT2D eigenvalue weighted by Crippen LogP contribution is 2.31. The molecular formula is C11H20BrN. The van der Waals surface area contributed by atoms with Crippen LogP contribution in [0.3, 0.4) is 0 Å². The molecule has 2 rings (SSSR count). The Morgan fingerprint density at radius 2 is 1.77 bits per heavy atom. The zero-order valence-electron chi connectivity index (χ0n) is 8.34. The van der Waals surface area contributed by atoms with Crippen LogP contribution >= 0.6 is 15.9 Å². The van der Waals surface area contributed by atoms with Gasteiger partial charge < -0.3 is 0 Å². The highest BCUT2D eigenvalue weighted by molar-refractivity contribution is 9.09. The van der Waals surface area contributed by atoms with Gasteiger partial charge in [0.25, 0.3) is 0 Å². The monoisotopic (exact) mass is 245 g/mol. The predicted octanol–water partition coefficient (Wildman–Crippen LogP) is 3.04. The highest BCUT2D eigenvalue weighted by Gasteiger charge is 2.30. The summed E-state index contributed by atoms with van der Waals surface area (Å²) in [7, 11) is 0. The summed E-state index contributed by atoms with van der Waals surface area (Å²) in [6.45, 7) is 2.65. The molecule has 1 nitrogen and oxygen atoms in total. The summed E-state index contributed by atoms with van der Waals surface area (Å²) in [6, 6.07) is 0.957. The summed E-state index contributed by atoms with van der Waals surface area (Å²) in [4.78, 5) is 2.71. The Bertz CT molecular complexity index is 150. The molecular weight excluding hydrogens is 226 g/mol. The van der Waals surface area contributed by atoms with Gasteiger partial charge in [-0.15, -0.1) is 0 Å². The topological polar surface area (TPSA) is 3.24 Å². The molecule has 0 amide bonds. The van der Waals surface area contributed by atoms with Gasteiger partial charge in [-0.25, -0.2) is 0 Å². The zero-order valence-corrected chi connectivity index (χ0v) is 9.93.